The van der Waals surface area contributed by atoms with E-state index in [9.17, 15) is 5.11 Å². The Bertz CT molecular complexity index is 399. The molecule has 112 valence electrons. The average Bonchev–Trinajstić information content (AvgIpc) is 2.46. The van der Waals surface area contributed by atoms with Crippen LogP contribution in [-0.4, -0.2) is 42.4 Å². The van der Waals surface area contributed by atoms with Crippen molar-refractivity contribution in [3.63, 3.8) is 0 Å². The maximum Gasteiger partial charge on any atom is 0.120 e. The summed E-state index contributed by atoms with van der Waals surface area (Å²) in [4.78, 5) is 0. The summed E-state index contributed by atoms with van der Waals surface area (Å²) in [5.41, 5.74) is 0. The van der Waals surface area contributed by atoms with E-state index in [1.807, 2.05) is 36.0 Å². The van der Waals surface area contributed by atoms with E-state index in [0.717, 1.165) is 22.7 Å². The minimum absolute atomic E-state index is 0.323. The molecule has 2 rings (SSSR count). The summed E-state index contributed by atoms with van der Waals surface area (Å²) in [6.07, 6.45) is 2.12. The van der Waals surface area contributed by atoms with Gasteiger partial charge < -0.3 is 15.2 Å². The Balaban J connectivity index is 1.59. The Hall–Kier alpha value is -0.230. The summed E-state index contributed by atoms with van der Waals surface area (Å²) in [6.45, 7) is 1.93. The van der Waals surface area contributed by atoms with Crippen LogP contribution in [0.2, 0.25) is 0 Å². The van der Waals surface area contributed by atoms with Crippen LogP contribution in [0.1, 0.15) is 12.8 Å². The molecule has 0 aromatic heterocycles. The first kappa shape index (κ1) is 16.1. The smallest absolute Gasteiger partial charge is 0.120 e. The van der Waals surface area contributed by atoms with E-state index in [-0.39, 0.29) is 0 Å². The zero-order valence-corrected chi connectivity index (χ0v) is 14.0. The van der Waals surface area contributed by atoms with Crippen molar-refractivity contribution in [1.82, 2.24) is 5.32 Å². The van der Waals surface area contributed by atoms with Crippen LogP contribution < -0.4 is 10.1 Å². The average molecular weight is 360 g/mol. The van der Waals surface area contributed by atoms with Crippen molar-refractivity contribution in [2.75, 3.05) is 31.2 Å². The van der Waals surface area contributed by atoms with Gasteiger partial charge >= 0.3 is 0 Å². The Morgan fingerprint density at radius 2 is 2.20 bits per heavy atom. The second-order valence-corrected chi connectivity index (χ2v) is 7.28. The predicted molar refractivity (Wildman–Crippen MR) is 88.6 cm³/mol. The summed E-state index contributed by atoms with van der Waals surface area (Å²) in [7, 11) is 0. The normalized spacial score (nSPS) is 17.9. The molecule has 0 spiro atoms. The van der Waals surface area contributed by atoms with Crippen molar-refractivity contribution in [1.29, 1.82) is 0 Å². The molecule has 0 radical (unpaired) electrons. The molecule has 1 aliphatic rings. The fraction of sp³-hybridized carbons (Fsp3) is 0.600. The lowest BCUT2D eigenvalue weighted by Crippen LogP contribution is -2.35. The standard InChI is InChI=1S/C15H22BrNO2S/c16-13-2-1-3-15(8-13)19-11-14(18)10-17-9-12-4-6-20-7-5-12/h1-3,8,12,14,17-18H,4-7,9-11H2. The molecule has 3 nitrogen and oxygen atoms in total. The highest BCUT2D eigenvalue weighted by Crippen LogP contribution is 2.21. The third-order valence-corrected chi connectivity index (χ3v) is 4.93. The molecule has 1 saturated heterocycles. The van der Waals surface area contributed by atoms with E-state index < -0.39 is 6.10 Å². The molecule has 0 amide bonds. The third-order valence-electron chi connectivity index (χ3n) is 3.39. The highest BCUT2D eigenvalue weighted by Gasteiger charge is 2.14. The Morgan fingerprint density at radius 3 is 2.95 bits per heavy atom. The molecule has 20 heavy (non-hydrogen) atoms. The largest absolute Gasteiger partial charge is 0.491 e. The van der Waals surface area contributed by atoms with Gasteiger partial charge in [-0.3, -0.25) is 0 Å². The van der Waals surface area contributed by atoms with E-state index in [4.69, 9.17) is 4.74 Å². The van der Waals surface area contributed by atoms with Crippen LogP contribution in [-0.2, 0) is 0 Å². The number of ether oxygens (including phenoxy) is 1. The first-order valence-corrected chi connectivity index (χ1v) is 9.03. The van der Waals surface area contributed by atoms with E-state index in [1.165, 1.54) is 24.3 Å². The van der Waals surface area contributed by atoms with Crippen LogP contribution >= 0.6 is 27.7 Å². The number of halogens is 1. The van der Waals surface area contributed by atoms with E-state index in [2.05, 4.69) is 21.2 Å². The highest BCUT2D eigenvalue weighted by molar-refractivity contribution is 9.10. The van der Waals surface area contributed by atoms with E-state index >= 15 is 0 Å². The number of aliphatic hydroxyl groups excluding tert-OH is 1. The van der Waals surface area contributed by atoms with Gasteiger partial charge in [0.05, 0.1) is 0 Å². The van der Waals surface area contributed by atoms with Gasteiger partial charge in [-0.05, 0) is 55.0 Å². The number of hydrogen-bond acceptors (Lipinski definition) is 4. The summed E-state index contributed by atoms with van der Waals surface area (Å²) in [5.74, 6) is 4.11. The van der Waals surface area contributed by atoms with Crippen molar-refractivity contribution in [3.05, 3.63) is 28.7 Å². The topological polar surface area (TPSA) is 41.5 Å². The van der Waals surface area contributed by atoms with E-state index in [1.54, 1.807) is 0 Å². The van der Waals surface area contributed by atoms with Gasteiger partial charge in [-0.15, -0.1) is 0 Å². The SMILES string of the molecule is OC(CNCC1CCSCC1)COc1cccc(Br)c1. The maximum atomic E-state index is 9.91. The van der Waals surface area contributed by atoms with Crippen LogP contribution in [0, 0.1) is 5.92 Å². The highest BCUT2D eigenvalue weighted by atomic mass is 79.9. The molecule has 1 aliphatic heterocycles. The number of thioether (sulfide) groups is 1. The van der Waals surface area contributed by atoms with Gasteiger partial charge in [0, 0.05) is 11.0 Å². The van der Waals surface area contributed by atoms with Gasteiger partial charge in [0.1, 0.15) is 18.5 Å². The number of rotatable bonds is 7. The molecule has 0 saturated carbocycles. The molecule has 1 heterocycles. The van der Waals surface area contributed by atoms with Crippen LogP contribution in [0.4, 0.5) is 0 Å². The molecule has 1 aromatic rings. The van der Waals surface area contributed by atoms with Gasteiger partial charge in [0.15, 0.2) is 0 Å². The van der Waals surface area contributed by atoms with Gasteiger partial charge in [0.25, 0.3) is 0 Å². The minimum atomic E-state index is -0.466. The Kier molecular flexibility index (Phi) is 7.21. The summed E-state index contributed by atoms with van der Waals surface area (Å²) >= 11 is 5.44. The monoisotopic (exact) mass is 359 g/mol. The van der Waals surface area contributed by atoms with Gasteiger partial charge in [-0.2, -0.15) is 11.8 Å². The van der Waals surface area contributed by atoms with Crippen molar-refractivity contribution in [2.24, 2.45) is 5.92 Å². The fourth-order valence-electron chi connectivity index (χ4n) is 2.21. The number of benzene rings is 1. The molecule has 1 atom stereocenters. The zero-order valence-electron chi connectivity index (χ0n) is 11.6. The second kappa shape index (κ2) is 8.93. The lowest BCUT2D eigenvalue weighted by molar-refractivity contribution is 0.105. The summed E-state index contributed by atoms with van der Waals surface area (Å²) < 4.78 is 6.55. The molecule has 0 bridgehead atoms. The maximum absolute atomic E-state index is 9.91. The Labute approximate surface area is 133 Å². The Morgan fingerprint density at radius 1 is 1.40 bits per heavy atom. The predicted octanol–water partition coefficient (Wildman–Crippen LogP) is 2.92. The van der Waals surface area contributed by atoms with Crippen LogP contribution in [0.25, 0.3) is 0 Å². The van der Waals surface area contributed by atoms with Crippen molar-refractivity contribution >= 4 is 27.7 Å². The number of nitrogens with one attached hydrogen (secondary N) is 1. The molecule has 0 aliphatic carbocycles. The second-order valence-electron chi connectivity index (χ2n) is 5.14. The lowest BCUT2D eigenvalue weighted by Gasteiger charge is -2.22. The van der Waals surface area contributed by atoms with Crippen LogP contribution in [0.5, 0.6) is 5.75 Å². The molecular formula is C15H22BrNO2S. The molecule has 1 fully saturated rings. The first-order valence-electron chi connectivity index (χ1n) is 7.09. The van der Waals surface area contributed by atoms with Gasteiger partial charge in [-0.1, -0.05) is 22.0 Å². The van der Waals surface area contributed by atoms with Crippen LogP contribution in [0.3, 0.4) is 0 Å². The molecule has 2 N–H and O–H groups in total. The number of aliphatic hydroxyl groups is 1. The van der Waals surface area contributed by atoms with Crippen LogP contribution in [0.15, 0.2) is 28.7 Å². The molecule has 5 heteroatoms. The third kappa shape index (κ3) is 6.04. The van der Waals surface area contributed by atoms with Gasteiger partial charge in [-0.25, -0.2) is 0 Å². The zero-order chi connectivity index (χ0) is 14.2. The van der Waals surface area contributed by atoms with Crippen molar-refractivity contribution < 1.29 is 9.84 Å². The first-order chi connectivity index (χ1) is 9.74. The number of hydrogen-bond donors (Lipinski definition) is 2. The van der Waals surface area contributed by atoms with Crippen molar-refractivity contribution in [2.45, 2.75) is 18.9 Å². The molecular weight excluding hydrogens is 338 g/mol. The quantitative estimate of drug-likeness (QED) is 0.785. The fourth-order valence-corrected chi connectivity index (χ4v) is 3.80. The lowest BCUT2D eigenvalue weighted by atomic mass is 10.0. The summed E-state index contributed by atoms with van der Waals surface area (Å²) in [6, 6.07) is 7.67. The molecule has 1 aromatic carbocycles. The minimum Gasteiger partial charge on any atom is -0.491 e. The van der Waals surface area contributed by atoms with E-state index in [0.29, 0.717) is 13.2 Å². The van der Waals surface area contributed by atoms with Gasteiger partial charge in [0.2, 0.25) is 0 Å². The summed E-state index contributed by atoms with van der Waals surface area (Å²) in [5, 5.41) is 13.3. The molecule has 1 unspecified atom stereocenters. The van der Waals surface area contributed by atoms with Crippen molar-refractivity contribution in [3.8, 4) is 5.75 Å².